The molecule has 3 rings (SSSR count). The predicted molar refractivity (Wildman–Crippen MR) is 111 cm³/mol. The number of ether oxygens (including phenoxy) is 2. The second-order valence-corrected chi connectivity index (χ2v) is 7.36. The van der Waals surface area contributed by atoms with Crippen LogP contribution in [0.5, 0.6) is 5.75 Å². The second kappa shape index (κ2) is 8.75. The fourth-order valence-corrected chi connectivity index (χ4v) is 3.62. The number of esters is 1. The van der Waals surface area contributed by atoms with Gasteiger partial charge >= 0.3 is 5.97 Å². The topological polar surface area (TPSA) is 68.9 Å². The molecular formula is C21H21IO5. The molecule has 1 unspecified atom stereocenters. The van der Waals surface area contributed by atoms with E-state index in [9.17, 15) is 9.90 Å². The Morgan fingerprint density at radius 1 is 1.26 bits per heavy atom. The van der Waals surface area contributed by atoms with Gasteiger partial charge in [-0.1, -0.05) is 18.2 Å². The molecule has 3 aromatic rings. The Balaban J connectivity index is 1.78. The highest BCUT2D eigenvalue weighted by atomic mass is 127. The number of hydrogen-bond donors (Lipinski definition) is 1. The number of halogens is 1. The smallest absolute Gasteiger partial charge is 0.310 e. The summed E-state index contributed by atoms with van der Waals surface area (Å²) in [6, 6.07) is 13.3. The monoisotopic (exact) mass is 480 g/mol. The highest BCUT2D eigenvalue weighted by Gasteiger charge is 2.13. The van der Waals surface area contributed by atoms with Crippen LogP contribution in [0.15, 0.2) is 46.9 Å². The van der Waals surface area contributed by atoms with Crippen LogP contribution in [0.25, 0.3) is 11.0 Å². The molecule has 1 atom stereocenters. The van der Waals surface area contributed by atoms with E-state index in [0.717, 1.165) is 25.7 Å². The fraction of sp³-hybridized carbons (Fsp3) is 0.286. The number of carbonyl (C=O) groups excluding carboxylic acids is 1. The number of para-hydroxylation sites is 1. The molecule has 0 aliphatic heterocycles. The average molecular weight is 480 g/mol. The van der Waals surface area contributed by atoms with E-state index >= 15 is 0 Å². The molecular weight excluding hydrogens is 459 g/mol. The summed E-state index contributed by atoms with van der Waals surface area (Å²) < 4.78 is 17.7. The maximum Gasteiger partial charge on any atom is 0.310 e. The van der Waals surface area contributed by atoms with Gasteiger partial charge in [0, 0.05) is 10.9 Å². The summed E-state index contributed by atoms with van der Waals surface area (Å²) in [5.74, 6) is 0.937. The van der Waals surface area contributed by atoms with Crippen molar-refractivity contribution in [1.29, 1.82) is 0 Å². The van der Waals surface area contributed by atoms with Gasteiger partial charge in [-0.2, -0.15) is 0 Å². The summed E-state index contributed by atoms with van der Waals surface area (Å²) >= 11 is 2.21. The molecule has 5 nitrogen and oxygen atoms in total. The van der Waals surface area contributed by atoms with Crippen LogP contribution in [0, 0.1) is 3.57 Å². The predicted octanol–water partition coefficient (Wildman–Crippen LogP) is 4.78. The van der Waals surface area contributed by atoms with Crippen molar-refractivity contribution in [3.8, 4) is 5.75 Å². The van der Waals surface area contributed by atoms with Crippen molar-refractivity contribution >= 4 is 39.5 Å². The third kappa shape index (κ3) is 4.81. The van der Waals surface area contributed by atoms with Crippen molar-refractivity contribution < 1.29 is 23.8 Å². The minimum Gasteiger partial charge on any atom is -0.489 e. The molecule has 0 amide bonds. The van der Waals surface area contributed by atoms with Crippen LogP contribution >= 0.6 is 22.6 Å². The van der Waals surface area contributed by atoms with Gasteiger partial charge < -0.3 is 19.0 Å². The largest absolute Gasteiger partial charge is 0.489 e. The maximum absolute atomic E-state index is 11.8. The van der Waals surface area contributed by atoms with Crippen molar-refractivity contribution in [2.75, 3.05) is 6.61 Å². The van der Waals surface area contributed by atoms with Gasteiger partial charge in [0.25, 0.3) is 0 Å². The van der Waals surface area contributed by atoms with E-state index in [2.05, 4.69) is 22.6 Å². The summed E-state index contributed by atoms with van der Waals surface area (Å²) in [6.07, 6.45) is -0.470. The lowest BCUT2D eigenvalue weighted by atomic mass is 10.1. The highest BCUT2D eigenvalue weighted by Crippen LogP contribution is 2.29. The van der Waals surface area contributed by atoms with Gasteiger partial charge in [0.05, 0.1) is 16.6 Å². The number of benzene rings is 2. The quantitative estimate of drug-likeness (QED) is 0.390. The zero-order valence-corrected chi connectivity index (χ0v) is 17.4. The van der Waals surface area contributed by atoms with Gasteiger partial charge in [0.1, 0.15) is 29.8 Å². The van der Waals surface area contributed by atoms with Gasteiger partial charge in [-0.15, -0.1) is 0 Å². The minimum atomic E-state index is -0.650. The van der Waals surface area contributed by atoms with Crippen LogP contribution in [-0.2, 0) is 22.6 Å². The molecule has 27 heavy (non-hydrogen) atoms. The van der Waals surface area contributed by atoms with Crippen molar-refractivity contribution in [1.82, 2.24) is 0 Å². The normalized spacial score (nSPS) is 12.1. The zero-order valence-electron chi connectivity index (χ0n) is 15.2. The number of aliphatic hydroxyl groups excluding tert-OH is 1. The molecule has 0 aliphatic carbocycles. The molecule has 6 heteroatoms. The Morgan fingerprint density at radius 3 is 2.78 bits per heavy atom. The van der Waals surface area contributed by atoms with Crippen molar-refractivity contribution in [2.45, 2.75) is 33.0 Å². The molecule has 0 saturated heterocycles. The average Bonchev–Trinajstić information content (AvgIpc) is 3.06. The molecule has 142 valence electrons. The molecule has 2 aromatic carbocycles. The van der Waals surface area contributed by atoms with Crippen molar-refractivity contribution in [3.63, 3.8) is 0 Å². The van der Waals surface area contributed by atoms with Gasteiger partial charge in [-0.25, -0.2) is 0 Å². The molecule has 0 saturated carbocycles. The van der Waals surface area contributed by atoms with E-state index < -0.39 is 6.10 Å². The second-order valence-electron chi connectivity index (χ2n) is 6.20. The van der Waals surface area contributed by atoms with E-state index in [-0.39, 0.29) is 12.4 Å². The summed E-state index contributed by atoms with van der Waals surface area (Å²) in [7, 11) is 0. The number of fused-ring (bicyclic) bond motifs is 1. The molecule has 0 fully saturated rings. The van der Waals surface area contributed by atoms with Crippen LogP contribution in [0.3, 0.4) is 0 Å². The van der Waals surface area contributed by atoms with Crippen LogP contribution < -0.4 is 4.74 Å². The Hall–Kier alpha value is -2.06. The Kier molecular flexibility index (Phi) is 6.38. The maximum atomic E-state index is 11.8. The Bertz CT molecular complexity index is 945. The van der Waals surface area contributed by atoms with Gasteiger partial charge in [-0.05, 0) is 66.3 Å². The van der Waals surface area contributed by atoms with Crippen molar-refractivity contribution in [3.05, 3.63) is 62.9 Å². The molecule has 1 N–H and O–H groups in total. The molecule has 0 radical (unpaired) electrons. The first-order valence-electron chi connectivity index (χ1n) is 8.74. The van der Waals surface area contributed by atoms with Gasteiger partial charge in [0.2, 0.25) is 0 Å². The van der Waals surface area contributed by atoms with Crippen LogP contribution in [0.4, 0.5) is 0 Å². The SMILES string of the molecule is CCOC(=O)Cc1ccccc1OCc1cc(I)c2oc(C(C)O)cc2c1. The number of hydrogen-bond acceptors (Lipinski definition) is 5. The first-order chi connectivity index (χ1) is 13.0. The first-order valence-corrected chi connectivity index (χ1v) is 9.82. The van der Waals surface area contributed by atoms with Crippen LogP contribution in [0.2, 0.25) is 0 Å². The Morgan fingerprint density at radius 2 is 2.04 bits per heavy atom. The van der Waals surface area contributed by atoms with E-state index in [1.807, 2.05) is 42.5 Å². The molecule has 0 aliphatic rings. The van der Waals surface area contributed by atoms with E-state index in [4.69, 9.17) is 13.9 Å². The lowest BCUT2D eigenvalue weighted by molar-refractivity contribution is -0.142. The Labute approximate surface area is 171 Å². The fourth-order valence-electron chi connectivity index (χ4n) is 2.80. The number of rotatable bonds is 7. The lowest BCUT2D eigenvalue weighted by Gasteiger charge is -2.11. The van der Waals surface area contributed by atoms with Gasteiger partial charge in [-0.3, -0.25) is 4.79 Å². The van der Waals surface area contributed by atoms with Crippen LogP contribution in [0.1, 0.15) is 36.8 Å². The molecule has 1 heterocycles. The highest BCUT2D eigenvalue weighted by molar-refractivity contribution is 14.1. The van der Waals surface area contributed by atoms with E-state index in [0.29, 0.717) is 24.7 Å². The number of carbonyl (C=O) groups is 1. The number of furan rings is 1. The minimum absolute atomic E-state index is 0.181. The standard InChI is InChI=1S/C21H21IO5/c1-3-25-20(24)11-15-6-4-5-7-18(15)26-12-14-8-16-10-19(13(2)23)27-21(16)17(22)9-14/h4-10,13,23H,3,11-12H2,1-2H3. The first kappa shape index (κ1) is 19.7. The molecule has 0 spiro atoms. The lowest BCUT2D eigenvalue weighted by Crippen LogP contribution is -2.09. The van der Waals surface area contributed by atoms with Crippen molar-refractivity contribution in [2.24, 2.45) is 0 Å². The third-order valence-corrected chi connectivity index (χ3v) is 4.87. The molecule has 1 aromatic heterocycles. The summed E-state index contributed by atoms with van der Waals surface area (Å²) in [6.45, 7) is 4.19. The van der Waals surface area contributed by atoms with Gasteiger partial charge in [0.15, 0.2) is 0 Å². The zero-order chi connectivity index (χ0) is 19.4. The number of aliphatic hydroxyl groups is 1. The summed E-state index contributed by atoms with van der Waals surface area (Å²) in [5, 5.41) is 10.6. The van der Waals surface area contributed by atoms with E-state index in [1.54, 1.807) is 13.8 Å². The third-order valence-electron chi connectivity index (χ3n) is 4.07. The van der Waals surface area contributed by atoms with Crippen LogP contribution in [-0.4, -0.2) is 17.7 Å². The summed E-state index contributed by atoms with van der Waals surface area (Å²) in [5.41, 5.74) is 2.54. The molecule has 0 bridgehead atoms. The summed E-state index contributed by atoms with van der Waals surface area (Å²) in [4.78, 5) is 11.8. The van der Waals surface area contributed by atoms with E-state index in [1.165, 1.54) is 0 Å².